The molecule has 4 aromatic heterocycles. The van der Waals surface area contributed by atoms with Crippen molar-refractivity contribution in [3.8, 4) is 45.0 Å². The van der Waals surface area contributed by atoms with Crippen molar-refractivity contribution in [2.75, 3.05) is 21.3 Å². The Hall–Kier alpha value is -9.08. The van der Waals surface area contributed by atoms with E-state index in [0.29, 0.717) is 71.6 Å². The largest absolute Gasteiger partial charge is 0.392 e. The number of hydrogen-bond donors (Lipinski definition) is 8. The zero-order chi connectivity index (χ0) is 77.5. The van der Waals surface area contributed by atoms with Crippen molar-refractivity contribution in [1.82, 2.24) is 39.9 Å². The number of benzene rings is 4. The highest BCUT2D eigenvalue weighted by Gasteiger charge is 2.30. The highest BCUT2D eigenvalue weighted by molar-refractivity contribution is 5.93. The molecule has 5 aliphatic carbocycles. The lowest BCUT2D eigenvalue weighted by molar-refractivity contribution is -0.119. The van der Waals surface area contributed by atoms with Gasteiger partial charge < -0.3 is 41.7 Å². The molecule has 0 radical (unpaired) electrons. The third-order valence-electron chi connectivity index (χ3n) is 20.4. The Morgan fingerprint density at radius 1 is 0.389 bits per heavy atom. The maximum absolute atomic E-state index is 12.8. The van der Waals surface area contributed by atoms with Gasteiger partial charge in [0.05, 0.1) is 94.8 Å². The van der Waals surface area contributed by atoms with Gasteiger partial charge in [-0.1, -0.05) is 175 Å². The van der Waals surface area contributed by atoms with Crippen molar-refractivity contribution in [3.63, 3.8) is 0 Å². The highest BCUT2D eigenvalue weighted by atomic mass is 16.3. The zero-order valence-electron chi connectivity index (χ0n) is 65.9. The van der Waals surface area contributed by atoms with Crippen LogP contribution in [0.5, 0.6) is 0 Å². The van der Waals surface area contributed by atoms with E-state index in [0.717, 1.165) is 209 Å². The first-order valence-electron chi connectivity index (χ1n) is 39.5. The lowest BCUT2D eigenvalue weighted by Gasteiger charge is -2.23. The Labute approximate surface area is 638 Å². The SMILES string of the molecule is CC(=O)Nc1nc2c(nc1CC(C)C)-c1ccc(CO)cc1CC2.CC(C)CC(=O)Nc1nc2c(nc1CC(C)C)-c1ccc(CO)cc1CC2.CC(C)Cc1nc2c(nc1NC(=O)CC1CCCCC1)CCc1cc(CO)ccc1-2.CCC(C)C(=O)Nc1nc2c(nc1CC(C)C)-c1ccc(CO)cc1CC2. The van der Waals surface area contributed by atoms with E-state index in [1.54, 1.807) is 0 Å². The Kier molecular flexibility index (Phi) is 28.5. The van der Waals surface area contributed by atoms with E-state index in [9.17, 15) is 39.6 Å². The number of carbonyl (C=O) groups is 4. The molecular formula is C88H114N12O8. The number of amides is 4. The average molecular weight is 1470 g/mol. The van der Waals surface area contributed by atoms with Crippen LogP contribution in [0.2, 0.25) is 0 Å². The van der Waals surface area contributed by atoms with Crippen LogP contribution in [0.1, 0.15) is 231 Å². The number of aromatic nitrogens is 8. The zero-order valence-corrected chi connectivity index (χ0v) is 65.9. The molecule has 8 N–H and O–H groups in total. The maximum Gasteiger partial charge on any atom is 0.228 e. The number of hydrogen-bond acceptors (Lipinski definition) is 16. The van der Waals surface area contributed by atoms with Gasteiger partial charge in [0.15, 0.2) is 23.3 Å². The highest BCUT2D eigenvalue weighted by Crippen LogP contribution is 2.39. The Morgan fingerprint density at radius 3 is 0.981 bits per heavy atom. The molecule has 8 aromatic rings. The second-order valence-corrected chi connectivity index (χ2v) is 32.1. The fourth-order valence-electron chi connectivity index (χ4n) is 14.8. The number of fused-ring (bicyclic) bond motifs is 12. The van der Waals surface area contributed by atoms with Gasteiger partial charge in [0, 0.05) is 47.9 Å². The lowest BCUT2D eigenvalue weighted by Crippen LogP contribution is -2.23. The van der Waals surface area contributed by atoms with Crippen molar-refractivity contribution < 1.29 is 39.6 Å². The Balaban J connectivity index is 0.000000154. The molecule has 0 aliphatic heterocycles. The summed E-state index contributed by atoms with van der Waals surface area (Å²) < 4.78 is 0. The van der Waals surface area contributed by atoms with Gasteiger partial charge in [-0.3, -0.25) is 19.2 Å². The van der Waals surface area contributed by atoms with Crippen LogP contribution in [0.25, 0.3) is 45.0 Å². The number of anilines is 4. The quantitative estimate of drug-likeness (QED) is 0.0313. The first kappa shape index (κ1) is 81.4. The third kappa shape index (κ3) is 21.2. The summed E-state index contributed by atoms with van der Waals surface area (Å²) in [7, 11) is 0. The van der Waals surface area contributed by atoms with Gasteiger partial charge in [-0.2, -0.15) is 0 Å². The number of rotatable bonds is 22. The molecule has 4 aromatic carbocycles. The minimum Gasteiger partial charge on any atom is -0.392 e. The molecule has 4 heterocycles. The first-order valence-corrected chi connectivity index (χ1v) is 39.5. The Morgan fingerprint density at radius 2 is 0.694 bits per heavy atom. The van der Waals surface area contributed by atoms with Gasteiger partial charge in [0.25, 0.3) is 0 Å². The summed E-state index contributed by atoms with van der Waals surface area (Å²) in [6.45, 7) is 26.8. The molecule has 0 spiro atoms. The van der Waals surface area contributed by atoms with Crippen LogP contribution in [0.4, 0.5) is 23.3 Å². The van der Waals surface area contributed by atoms with Crippen molar-refractivity contribution in [2.24, 2.45) is 41.4 Å². The van der Waals surface area contributed by atoms with Crippen molar-refractivity contribution >= 4 is 46.9 Å². The molecule has 1 atom stereocenters. The standard InChI is InChI=1S/C25H33N3O2.2C22H29N3O2.C19H23N3O2/c1-16(2)12-22-25(28-23(30)14-17-6-4-3-5-7-17)27-21-11-9-19-13-18(15-29)8-10-20(19)24(21)26-22;1-13(2)9-19-22(25-20(27)10-14(3)4)24-18-8-6-16-11-15(12-26)5-7-17(16)21(18)23-19;1-5-14(4)22(27)25-21-19(10-13(2)3)23-20-17-8-6-15(12-26)11-16(17)7-9-18(20)24-21;1-11(2)8-17-19(20-12(3)24)22-16-7-5-14-9-13(10-23)4-6-15(14)18(16)21-17/h8,10,13,16-17,29H,3-7,9,11-12,14-15H2,1-2H3,(H,27,28,30);5,7,11,13-14,26H,6,8-10,12H2,1-4H3,(H,24,25,27);6,8,11,13-14,26H,5,7,9-10,12H2,1-4H3,(H,24,25,27);4,6,9,11,23H,5,7-8,10H2,1-3H3,(H,20,22,24). The van der Waals surface area contributed by atoms with Crippen LogP contribution in [0.3, 0.4) is 0 Å². The second kappa shape index (κ2) is 37.8. The summed E-state index contributed by atoms with van der Waals surface area (Å²) in [6.07, 6.45) is 17.7. The van der Waals surface area contributed by atoms with E-state index in [4.69, 9.17) is 39.9 Å². The predicted molar refractivity (Wildman–Crippen MR) is 428 cm³/mol. The normalized spacial score (nSPS) is 14.0. The number of aliphatic hydroxyl groups excluding tert-OH is 4. The molecule has 108 heavy (non-hydrogen) atoms. The van der Waals surface area contributed by atoms with Gasteiger partial charge in [-0.15, -0.1) is 0 Å². The van der Waals surface area contributed by atoms with E-state index in [2.05, 4.69) is 94.9 Å². The molecule has 0 bridgehead atoms. The molecule has 20 heteroatoms. The number of aryl methyl sites for hydroxylation is 8. The van der Waals surface area contributed by atoms with Crippen LogP contribution >= 0.6 is 0 Å². The Bertz CT molecular complexity index is 4520. The van der Waals surface area contributed by atoms with Gasteiger partial charge in [0.2, 0.25) is 23.6 Å². The van der Waals surface area contributed by atoms with Gasteiger partial charge in [-0.25, -0.2) is 39.9 Å². The van der Waals surface area contributed by atoms with Crippen molar-refractivity contribution in [3.05, 3.63) is 163 Å². The molecule has 1 saturated carbocycles. The van der Waals surface area contributed by atoms with E-state index in [-0.39, 0.29) is 56.0 Å². The maximum atomic E-state index is 12.8. The summed E-state index contributed by atoms with van der Waals surface area (Å²) in [5, 5.41) is 49.5. The fraction of sp³-hybridized carbons (Fsp3) is 0.500. The minimum atomic E-state index is -0.127. The monoisotopic (exact) mass is 1470 g/mol. The third-order valence-corrected chi connectivity index (χ3v) is 20.4. The average Bonchev–Trinajstić information content (AvgIpc) is 0.790. The van der Waals surface area contributed by atoms with Gasteiger partial charge in [-0.05, 0) is 176 Å². The molecule has 1 unspecified atom stereocenters. The molecule has 13 rings (SSSR count). The summed E-state index contributed by atoms with van der Waals surface area (Å²) in [6, 6.07) is 24.1. The molecule has 4 amide bonds. The van der Waals surface area contributed by atoms with E-state index >= 15 is 0 Å². The van der Waals surface area contributed by atoms with Gasteiger partial charge >= 0.3 is 0 Å². The van der Waals surface area contributed by atoms with Crippen molar-refractivity contribution in [1.29, 1.82) is 0 Å². The number of aliphatic hydroxyl groups is 4. The fourth-order valence-corrected chi connectivity index (χ4v) is 14.8. The van der Waals surface area contributed by atoms with Crippen LogP contribution in [-0.4, -0.2) is 83.9 Å². The lowest BCUT2D eigenvalue weighted by atomic mass is 9.87. The van der Waals surface area contributed by atoms with E-state index in [1.807, 2.05) is 82.3 Å². The smallest absolute Gasteiger partial charge is 0.228 e. The van der Waals surface area contributed by atoms with Crippen LogP contribution in [0.15, 0.2) is 72.8 Å². The summed E-state index contributed by atoms with van der Waals surface area (Å²) in [5.74, 6) is 4.84. The first-order chi connectivity index (χ1) is 51.8. The van der Waals surface area contributed by atoms with Crippen molar-refractivity contribution in [2.45, 2.75) is 245 Å². The van der Waals surface area contributed by atoms with Gasteiger partial charge in [0.1, 0.15) is 0 Å². The summed E-state index contributed by atoms with van der Waals surface area (Å²) >= 11 is 0. The molecular weight excluding hydrogens is 1350 g/mol. The molecule has 0 saturated heterocycles. The molecule has 20 nitrogen and oxygen atoms in total. The van der Waals surface area contributed by atoms with E-state index in [1.165, 1.54) is 48.4 Å². The molecule has 574 valence electrons. The number of carbonyl (C=O) groups excluding carboxylic acids is 4. The topological polar surface area (TPSA) is 300 Å². The van der Waals surface area contributed by atoms with Crippen LogP contribution in [0, 0.1) is 41.4 Å². The molecule has 5 aliphatic rings. The van der Waals surface area contributed by atoms with Crippen LogP contribution < -0.4 is 21.3 Å². The summed E-state index contributed by atoms with van der Waals surface area (Å²) in [4.78, 5) is 87.9. The van der Waals surface area contributed by atoms with E-state index < -0.39 is 0 Å². The number of nitrogens with zero attached hydrogens (tertiary/aromatic N) is 8. The second-order valence-electron chi connectivity index (χ2n) is 32.1. The van der Waals surface area contributed by atoms with Crippen LogP contribution in [-0.2, 0) is 123 Å². The molecule has 1 fully saturated rings. The predicted octanol–water partition coefficient (Wildman–Crippen LogP) is 15.6. The summed E-state index contributed by atoms with van der Waals surface area (Å²) in [5.41, 5.74) is 23.7. The number of nitrogens with one attached hydrogen (secondary N) is 4. The minimum absolute atomic E-state index is 0.000512.